The van der Waals surface area contributed by atoms with E-state index >= 15 is 0 Å². The van der Waals surface area contributed by atoms with Gasteiger partial charge < -0.3 is 15.5 Å². The number of nitrogens with one attached hydrogen (secondary N) is 1. The van der Waals surface area contributed by atoms with E-state index in [2.05, 4.69) is 5.32 Å². The molecule has 2 rings (SSSR count). The minimum Gasteiger partial charge on any atom is -0.469 e. The van der Waals surface area contributed by atoms with E-state index in [9.17, 15) is 4.79 Å². The minimum absolute atomic E-state index is 0.0929. The van der Waals surface area contributed by atoms with Crippen LogP contribution < -0.4 is 11.1 Å². The molecular formula is C14H16N2O2. The minimum atomic E-state index is -0.0929. The van der Waals surface area contributed by atoms with Crippen LogP contribution in [0.15, 0.2) is 41.0 Å². The second-order valence-corrected chi connectivity index (χ2v) is 4.16. The Morgan fingerprint density at radius 2 is 2.22 bits per heavy atom. The highest BCUT2D eigenvalue weighted by atomic mass is 16.3. The van der Waals surface area contributed by atoms with E-state index in [0.29, 0.717) is 24.2 Å². The summed E-state index contributed by atoms with van der Waals surface area (Å²) < 4.78 is 5.19. The van der Waals surface area contributed by atoms with Gasteiger partial charge in [-0.2, -0.15) is 0 Å². The normalized spacial score (nSPS) is 10.3. The Bertz CT molecular complexity index is 533. The maximum atomic E-state index is 11.9. The molecule has 18 heavy (non-hydrogen) atoms. The van der Waals surface area contributed by atoms with Gasteiger partial charge in [0.05, 0.1) is 6.26 Å². The summed E-state index contributed by atoms with van der Waals surface area (Å²) in [6.45, 7) is 2.44. The average Bonchev–Trinajstić information content (AvgIpc) is 2.85. The van der Waals surface area contributed by atoms with E-state index in [1.165, 1.54) is 0 Å². The zero-order valence-corrected chi connectivity index (χ0v) is 10.3. The summed E-state index contributed by atoms with van der Waals surface area (Å²) in [6.07, 6.45) is 2.31. The number of anilines is 1. The molecule has 0 saturated heterocycles. The van der Waals surface area contributed by atoms with E-state index in [4.69, 9.17) is 10.2 Å². The fourth-order valence-corrected chi connectivity index (χ4v) is 1.67. The first kappa shape index (κ1) is 12.2. The highest BCUT2D eigenvalue weighted by Crippen LogP contribution is 2.12. The zero-order valence-electron chi connectivity index (χ0n) is 10.3. The summed E-state index contributed by atoms with van der Waals surface area (Å²) in [7, 11) is 0. The van der Waals surface area contributed by atoms with Crippen LogP contribution in [0, 0.1) is 6.92 Å². The molecule has 0 aliphatic rings. The molecular weight excluding hydrogens is 228 g/mol. The number of furan rings is 1. The van der Waals surface area contributed by atoms with Crippen LogP contribution in [0.1, 0.15) is 21.7 Å². The van der Waals surface area contributed by atoms with Crippen LogP contribution in [0.5, 0.6) is 0 Å². The predicted molar refractivity (Wildman–Crippen MR) is 70.3 cm³/mol. The summed E-state index contributed by atoms with van der Waals surface area (Å²) >= 11 is 0. The van der Waals surface area contributed by atoms with E-state index in [-0.39, 0.29) is 5.91 Å². The molecule has 0 radical (unpaired) electrons. The number of benzene rings is 1. The lowest BCUT2D eigenvalue weighted by Crippen LogP contribution is -2.25. The van der Waals surface area contributed by atoms with Crippen molar-refractivity contribution in [2.45, 2.75) is 13.3 Å². The summed E-state index contributed by atoms with van der Waals surface area (Å²) in [5, 5.41) is 2.84. The smallest absolute Gasteiger partial charge is 0.251 e. The SMILES string of the molecule is Cc1cc(C(=O)NCCc2ccco2)ccc1N. The lowest BCUT2D eigenvalue weighted by atomic mass is 10.1. The average molecular weight is 244 g/mol. The van der Waals surface area contributed by atoms with Gasteiger partial charge in [0.25, 0.3) is 5.91 Å². The molecule has 0 saturated carbocycles. The Hall–Kier alpha value is -2.23. The topological polar surface area (TPSA) is 68.3 Å². The van der Waals surface area contributed by atoms with Gasteiger partial charge >= 0.3 is 0 Å². The Labute approximate surface area is 106 Å². The summed E-state index contributed by atoms with van der Waals surface area (Å²) in [5.74, 6) is 0.772. The number of rotatable bonds is 4. The number of carbonyl (C=O) groups is 1. The molecule has 4 heteroatoms. The van der Waals surface area contributed by atoms with Crippen molar-refractivity contribution in [3.8, 4) is 0 Å². The number of nitrogens with two attached hydrogens (primary N) is 1. The first-order valence-electron chi connectivity index (χ1n) is 5.83. The number of carbonyl (C=O) groups excluding carboxylic acids is 1. The van der Waals surface area contributed by atoms with Crippen LogP contribution in [0.3, 0.4) is 0 Å². The van der Waals surface area contributed by atoms with Gasteiger partial charge in [-0.15, -0.1) is 0 Å². The van der Waals surface area contributed by atoms with Crippen LogP contribution in [-0.2, 0) is 6.42 Å². The van der Waals surface area contributed by atoms with Gasteiger partial charge in [-0.25, -0.2) is 0 Å². The van der Waals surface area contributed by atoms with Crippen LogP contribution in [-0.4, -0.2) is 12.5 Å². The van der Waals surface area contributed by atoms with E-state index in [1.54, 1.807) is 24.5 Å². The Balaban J connectivity index is 1.89. The predicted octanol–water partition coefficient (Wildman–Crippen LogP) is 2.14. The number of aryl methyl sites for hydroxylation is 1. The first-order chi connectivity index (χ1) is 8.66. The maximum Gasteiger partial charge on any atom is 0.251 e. The van der Waals surface area contributed by atoms with Crippen LogP contribution in [0.25, 0.3) is 0 Å². The molecule has 0 spiro atoms. The third-order valence-electron chi connectivity index (χ3n) is 2.77. The molecule has 0 aliphatic heterocycles. The molecule has 0 atom stereocenters. The molecule has 94 valence electrons. The lowest BCUT2D eigenvalue weighted by molar-refractivity contribution is 0.0953. The Morgan fingerprint density at radius 3 is 2.89 bits per heavy atom. The molecule has 0 bridgehead atoms. The molecule has 1 aromatic heterocycles. The summed E-state index contributed by atoms with van der Waals surface area (Å²) in [4.78, 5) is 11.9. The third kappa shape index (κ3) is 2.91. The fourth-order valence-electron chi connectivity index (χ4n) is 1.67. The van der Waals surface area contributed by atoms with E-state index < -0.39 is 0 Å². The van der Waals surface area contributed by atoms with Gasteiger partial charge in [0.1, 0.15) is 5.76 Å². The second-order valence-electron chi connectivity index (χ2n) is 4.16. The lowest BCUT2D eigenvalue weighted by Gasteiger charge is -2.06. The highest BCUT2D eigenvalue weighted by molar-refractivity contribution is 5.94. The molecule has 1 amide bonds. The molecule has 3 N–H and O–H groups in total. The van der Waals surface area contributed by atoms with Crippen molar-refractivity contribution in [2.24, 2.45) is 0 Å². The van der Waals surface area contributed by atoms with Crippen molar-refractivity contribution in [2.75, 3.05) is 12.3 Å². The zero-order chi connectivity index (χ0) is 13.0. The van der Waals surface area contributed by atoms with Crippen molar-refractivity contribution >= 4 is 11.6 Å². The summed E-state index contributed by atoms with van der Waals surface area (Å²) in [6, 6.07) is 8.99. The number of hydrogen-bond acceptors (Lipinski definition) is 3. The molecule has 0 unspecified atom stereocenters. The monoisotopic (exact) mass is 244 g/mol. The van der Waals surface area contributed by atoms with E-state index in [1.807, 2.05) is 19.1 Å². The largest absolute Gasteiger partial charge is 0.469 e. The van der Waals surface area contributed by atoms with Crippen molar-refractivity contribution in [1.82, 2.24) is 5.32 Å². The maximum absolute atomic E-state index is 11.9. The van der Waals surface area contributed by atoms with Gasteiger partial charge in [0.15, 0.2) is 0 Å². The van der Waals surface area contributed by atoms with Crippen molar-refractivity contribution < 1.29 is 9.21 Å². The number of hydrogen-bond donors (Lipinski definition) is 2. The molecule has 2 aromatic rings. The van der Waals surface area contributed by atoms with Gasteiger partial charge in [0.2, 0.25) is 0 Å². The Morgan fingerprint density at radius 1 is 1.39 bits per heavy atom. The molecule has 0 aliphatic carbocycles. The van der Waals surface area contributed by atoms with Gasteiger partial charge in [-0.05, 0) is 42.8 Å². The van der Waals surface area contributed by atoms with Crippen molar-refractivity contribution in [3.05, 3.63) is 53.5 Å². The highest BCUT2D eigenvalue weighted by Gasteiger charge is 2.06. The van der Waals surface area contributed by atoms with E-state index in [0.717, 1.165) is 11.3 Å². The quantitative estimate of drug-likeness (QED) is 0.810. The van der Waals surface area contributed by atoms with Gasteiger partial charge in [-0.1, -0.05) is 0 Å². The molecule has 1 aromatic carbocycles. The number of amides is 1. The Kier molecular flexibility index (Phi) is 3.67. The molecule has 0 fully saturated rings. The van der Waals surface area contributed by atoms with Crippen molar-refractivity contribution in [1.29, 1.82) is 0 Å². The van der Waals surface area contributed by atoms with Gasteiger partial charge in [-0.3, -0.25) is 4.79 Å². The summed E-state index contributed by atoms with van der Waals surface area (Å²) in [5.41, 5.74) is 7.94. The van der Waals surface area contributed by atoms with Crippen LogP contribution in [0.4, 0.5) is 5.69 Å². The standard InChI is InChI=1S/C14H16N2O2/c1-10-9-11(4-5-13(10)15)14(17)16-7-6-12-3-2-8-18-12/h2-5,8-9H,6-7,15H2,1H3,(H,16,17). The van der Waals surface area contributed by atoms with Crippen LogP contribution in [0.2, 0.25) is 0 Å². The molecule has 1 heterocycles. The second kappa shape index (κ2) is 5.40. The molecule has 4 nitrogen and oxygen atoms in total. The third-order valence-corrected chi connectivity index (χ3v) is 2.77. The van der Waals surface area contributed by atoms with Crippen molar-refractivity contribution in [3.63, 3.8) is 0 Å². The number of nitrogen functional groups attached to an aromatic ring is 1. The van der Waals surface area contributed by atoms with Gasteiger partial charge in [0, 0.05) is 24.2 Å². The van der Waals surface area contributed by atoms with Crippen LogP contribution >= 0.6 is 0 Å². The first-order valence-corrected chi connectivity index (χ1v) is 5.83. The fraction of sp³-hybridized carbons (Fsp3) is 0.214.